The SMILES string of the molecule is CN(C)CCCNC(=O)c1cc(NC(=O)c2cc(NC(=O)c3ccc(Br)o3)cn2C)cn1C. The summed E-state index contributed by atoms with van der Waals surface area (Å²) in [4.78, 5) is 39.5. The molecule has 11 heteroatoms. The summed E-state index contributed by atoms with van der Waals surface area (Å²) in [7, 11) is 7.41. The minimum absolute atomic E-state index is 0.147. The quantitative estimate of drug-likeness (QED) is 0.377. The number of halogens is 1. The number of hydrogen-bond donors (Lipinski definition) is 3. The van der Waals surface area contributed by atoms with Crippen LogP contribution < -0.4 is 16.0 Å². The summed E-state index contributed by atoms with van der Waals surface area (Å²) in [5.41, 5.74) is 1.73. The number of aryl methyl sites for hydroxylation is 2. The number of rotatable bonds is 9. The fourth-order valence-corrected chi connectivity index (χ4v) is 3.54. The van der Waals surface area contributed by atoms with E-state index in [0.29, 0.717) is 34.0 Å². The molecule has 0 aliphatic rings. The summed E-state index contributed by atoms with van der Waals surface area (Å²) in [6.07, 6.45) is 4.14. The molecule has 0 bridgehead atoms. The molecule has 0 spiro atoms. The summed E-state index contributed by atoms with van der Waals surface area (Å²) >= 11 is 3.16. The van der Waals surface area contributed by atoms with Gasteiger partial charge in [0.1, 0.15) is 11.4 Å². The van der Waals surface area contributed by atoms with Crippen LogP contribution in [0.5, 0.6) is 0 Å². The maximum absolute atomic E-state index is 12.8. The van der Waals surface area contributed by atoms with E-state index in [1.54, 1.807) is 59.9 Å². The molecule has 0 atom stereocenters. The zero-order valence-corrected chi connectivity index (χ0v) is 20.5. The summed E-state index contributed by atoms with van der Waals surface area (Å²) in [5.74, 6) is -0.858. The molecule has 0 radical (unpaired) electrons. The number of carbonyl (C=O) groups is 3. The van der Waals surface area contributed by atoms with E-state index >= 15 is 0 Å². The van der Waals surface area contributed by atoms with Gasteiger partial charge >= 0.3 is 0 Å². The van der Waals surface area contributed by atoms with Crippen LogP contribution in [0.4, 0.5) is 11.4 Å². The lowest BCUT2D eigenvalue weighted by Crippen LogP contribution is -2.28. The summed E-state index contributed by atoms with van der Waals surface area (Å²) in [6, 6.07) is 6.35. The molecule has 0 aromatic carbocycles. The van der Waals surface area contributed by atoms with Crippen LogP contribution in [0, 0.1) is 0 Å². The normalized spacial score (nSPS) is 11.0. The first kappa shape index (κ1) is 24.3. The highest BCUT2D eigenvalue weighted by molar-refractivity contribution is 9.10. The first-order valence-corrected chi connectivity index (χ1v) is 11.1. The van der Waals surface area contributed by atoms with Crippen LogP contribution in [-0.2, 0) is 14.1 Å². The van der Waals surface area contributed by atoms with Crippen molar-refractivity contribution in [3.05, 3.63) is 58.5 Å². The molecule has 3 heterocycles. The lowest BCUT2D eigenvalue weighted by atomic mass is 10.3. The van der Waals surface area contributed by atoms with Crippen LogP contribution in [0.2, 0.25) is 0 Å². The average Bonchev–Trinajstić information content (AvgIpc) is 3.43. The molecule has 0 fully saturated rings. The van der Waals surface area contributed by atoms with Gasteiger partial charge in [0.25, 0.3) is 17.7 Å². The maximum atomic E-state index is 12.8. The Hall–Kier alpha value is -3.31. The average molecular weight is 519 g/mol. The minimum Gasteiger partial charge on any atom is -0.444 e. The molecule has 10 nitrogen and oxygen atoms in total. The van der Waals surface area contributed by atoms with Crippen molar-refractivity contribution in [1.82, 2.24) is 19.4 Å². The Morgan fingerprint density at radius 2 is 1.52 bits per heavy atom. The number of amides is 3. The lowest BCUT2D eigenvalue weighted by molar-refractivity contribution is 0.0942. The summed E-state index contributed by atoms with van der Waals surface area (Å²) < 4.78 is 8.95. The molecule has 0 aliphatic carbocycles. The number of anilines is 2. The third kappa shape index (κ3) is 6.36. The predicted octanol–water partition coefficient (Wildman–Crippen LogP) is 2.91. The van der Waals surface area contributed by atoms with E-state index in [-0.39, 0.29) is 17.6 Å². The van der Waals surface area contributed by atoms with Crippen molar-refractivity contribution in [1.29, 1.82) is 0 Å². The Morgan fingerprint density at radius 3 is 2.06 bits per heavy atom. The largest absolute Gasteiger partial charge is 0.444 e. The van der Waals surface area contributed by atoms with Gasteiger partial charge in [-0.2, -0.15) is 0 Å². The van der Waals surface area contributed by atoms with Gasteiger partial charge in [0.2, 0.25) is 0 Å². The molecule has 0 saturated carbocycles. The van der Waals surface area contributed by atoms with Gasteiger partial charge in [0, 0.05) is 33.0 Å². The van der Waals surface area contributed by atoms with Crippen molar-refractivity contribution in [2.45, 2.75) is 6.42 Å². The lowest BCUT2D eigenvalue weighted by Gasteiger charge is -2.10. The van der Waals surface area contributed by atoms with Crippen molar-refractivity contribution in [2.24, 2.45) is 14.1 Å². The van der Waals surface area contributed by atoms with E-state index in [9.17, 15) is 14.4 Å². The Balaban J connectivity index is 1.61. The molecule has 3 rings (SSSR count). The van der Waals surface area contributed by atoms with E-state index in [0.717, 1.165) is 13.0 Å². The summed E-state index contributed by atoms with van der Waals surface area (Å²) in [6.45, 7) is 1.45. The van der Waals surface area contributed by atoms with Crippen molar-refractivity contribution < 1.29 is 18.8 Å². The van der Waals surface area contributed by atoms with Crippen LogP contribution in [0.25, 0.3) is 0 Å². The first-order valence-electron chi connectivity index (χ1n) is 10.3. The molecule has 0 unspecified atom stereocenters. The predicted molar refractivity (Wildman–Crippen MR) is 129 cm³/mol. The number of nitrogens with one attached hydrogen (secondary N) is 3. The van der Waals surface area contributed by atoms with E-state index in [1.165, 1.54) is 0 Å². The number of nitrogens with zero attached hydrogens (tertiary/aromatic N) is 3. The smallest absolute Gasteiger partial charge is 0.291 e. The number of hydrogen-bond acceptors (Lipinski definition) is 5. The Labute approximate surface area is 200 Å². The van der Waals surface area contributed by atoms with Crippen LogP contribution in [0.1, 0.15) is 38.0 Å². The van der Waals surface area contributed by atoms with Crippen molar-refractivity contribution in [3.8, 4) is 0 Å². The van der Waals surface area contributed by atoms with Gasteiger partial charge in [-0.15, -0.1) is 0 Å². The van der Waals surface area contributed by atoms with Crippen molar-refractivity contribution in [3.63, 3.8) is 0 Å². The zero-order valence-electron chi connectivity index (χ0n) is 18.9. The monoisotopic (exact) mass is 518 g/mol. The molecular weight excluding hydrogens is 492 g/mol. The number of furan rings is 1. The van der Waals surface area contributed by atoms with Gasteiger partial charge in [-0.3, -0.25) is 14.4 Å². The second kappa shape index (κ2) is 10.5. The maximum Gasteiger partial charge on any atom is 0.291 e. The Bertz CT molecular complexity index is 1160. The van der Waals surface area contributed by atoms with Crippen molar-refractivity contribution >= 4 is 45.0 Å². The fourth-order valence-electron chi connectivity index (χ4n) is 3.23. The highest BCUT2D eigenvalue weighted by atomic mass is 79.9. The topological polar surface area (TPSA) is 114 Å². The summed E-state index contributed by atoms with van der Waals surface area (Å²) in [5, 5.41) is 8.38. The zero-order chi connectivity index (χ0) is 24.1. The van der Waals surface area contributed by atoms with Crippen LogP contribution in [0.3, 0.4) is 0 Å². The molecule has 0 saturated heterocycles. The number of carbonyl (C=O) groups excluding carboxylic acids is 3. The first-order chi connectivity index (χ1) is 15.6. The standard InChI is InChI=1S/C22H27BrN6O4/c1-27(2)9-5-8-24-20(30)16-10-14(12-28(16)3)25-21(31)17-11-15(13-29(17)4)26-22(32)18-6-7-19(23)33-18/h6-7,10-13H,5,8-9H2,1-4H3,(H,24,30)(H,25,31)(H,26,32). The van der Waals surface area contributed by atoms with Crippen LogP contribution in [0.15, 0.2) is 45.7 Å². The van der Waals surface area contributed by atoms with E-state index < -0.39 is 5.91 Å². The van der Waals surface area contributed by atoms with E-state index in [4.69, 9.17) is 4.42 Å². The molecule has 33 heavy (non-hydrogen) atoms. The fraction of sp³-hybridized carbons (Fsp3) is 0.318. The molecule has 176 valence electrons. The highest BCUT2D eigenvalue weighted by Crippen LogP contribution is 2.19. The third-order valence-electron chi connectivity index (χ3n) is 4.86. The highest BCUT2D eigenvalue weighted by Gasteiger charge is 2.18. The van der Waals surface area contributed by atoms with Gasteiger partial charge in [-0.1, -0.05) is 0 Å². The molecule has 0 aliphatic heterocycles. The van der Waals surface area contributed by atoms with Crippen molar-refractivity contribution in [2.75, 3.05) is 37.8 Å². The van der Waals surface area contributed by atoms with Gasteiger partial charge in [0.15, 0.2) is 10.4 Å². The Kier molecular flexibility index (Phi) is 7.77. The third-order valence-corrected chi connectivity index (χ3v) is 5.28. The molecule has 3 aromatic heterocycles. The molecular formula is C22H27BrN6O4. The number of aromatic nitrogens is 2. The molecule has 3 N–H and O–H groups in total. The second-order valence-corrected chi connectivity index (χ2v) is 8.66. The second-order valence-electron chi connectivity index (χ2n) is 7.87. The van der Waals surface area contributed by atoms with Gasteiger partial charge in [-0.25, -0.2) is 0 Å². The van der Waals surface area contributed by atoms with Gasteiger partial charge in [0.05, 0.1) is 11.4 Å². The van der Waals surface area contributed by atoms with Crippen LogP contribution in [-0.4, -0.2) is 58.9 Å². The van der Waals surface area contributed by atoms with Crippen LogP contribution >= 0.6 is 15.9 Å². The van der Waals surface area contributed by atoms with E-state index in [1.807, 2.05) is 14.1 Å². The molecule has 3 aromatic rings. The Morgan fingerprint density at radius 1 is 0.939 bits per heavy atom. The molecule has 3 amide bonds. The minimum atomic E-state index is -0.428. The van der Waals surface area contributed by atoms with Gasteiger partial charge in [-0.05, 0) is 67.3 Å². The van der Waals surface area contributed by atoms with Gasteiger partial charge < -0.3 is 34.4 Å². The van der Waals surface area contributed by atoms with E-state index in [2.05, 4.69) is 36.8 Å².